The summed E-state index contributed by atoms with van der Waals surface area (Å²) in [6.07, 6.45) is 0.428. The Balaban J connectivity index is 1.82. The molecule has 1 unspecified atom stereocenters. The highest BCUT2D eigenvalue weighted by Gasteiger charge is 2.33. The summed E-state index contributed by atoms with van der Waals surface area (Å²) < 4.78 is 0. The normalized spacial score (nSPS) is 25.3. The molecule has 2 fully saturated rings. The van der Waals surface area contributed by atoms with Crippen LogP contribution in [0.2, 0.25) is 0 Å². The Labute approximate surface area is 114 Å². The van der Waals surface area contributed by atoms with Crippen LogP contribution in [0.1, 0.15) is 20.3 Å². The number of hydrogen-bond acceptors (Lipinski definition) is 3. The van der Waals surface area contributed by atoms with Gasteiger partial charge < -0.3 is 20.0 Å². The first-order valence-corrected chi connectivity index (χ1v) is 7.01. The number of amides is 3. The summed E-state index contributed by atoms with van der Waals surface area (Å²) in [6, 6.07) is 0.136. The third-order valence-corrected chi connectivity index (χ3v) is 3.90. The Bertz CT molecular complexity index is 351. The van der Waals surface area contributed by atoms with Gasteiger partial charge in [-0.25, -0.2) is 4.79 Å². The second-order valence-electron chi connectivity index (χ2n) is 5.78. The van der Waals surface area contributed by atoms with Gasteiger partial charge in [0.1, 0.15) is 0 Å². The Kier molecular flexibility index (Phi) is 4.29. The fourth-order valence-electron chi connectivity index (χ4n) is 2.60. The molecule has 0 bridgehead atoms. The van der Waals surface area contributed by atoms with Gasteiger partial charge >= 0.3 is 6.03 Å². The van der Waals surface area contributed by atoms with Crippen molar-refractivity contribution in [3.8, 4) is 0 Å². The van der Waals surface area contributed by atoms with Crippen LogP contribution in [0.15, 0.2) is 0 Å². The maximum Gasteiger partial charge on any atom is 0.317 e. The lowest BCUT2D eigenvalue weighted by atomic mass is 10.2. The van der Waals surface area contributed by atoms with Crippen LogP contribution in [0.3, 0.4) is 0 Å². The van der Waals surface area contributed by atoms with Gasteiger partial charge in [0.15, 0.2) is 0 Å². The lowest BCUT2D eigenvalue weighted by molar-refractivity contribution is -0.129. The predicted octanol–water partition coefficient (Wildman–Crippen LogP) is -0.0473. The smallest absolute Gasteiger partial charge is 0.317 e. The molecule has 0 radical (unpaired) electrons. The van der Waals surface area contributed by atoms with E-state index in [0.29, 0.717) is 13.0 Å². The van der Waals surface area contributed by atoms with E-state index in [-0.39, 0.29) is 24.0 Å². The molecule has 108 valence electrons. The Morgan fingerprint density at radius 2 is 1.89 bits per heavy atom. The number of carbonyl (C=O) groups excluding carboxylic acids is 2. The first-order chi connectivity index (χ1) is 8.97. The number of nitrogens with zero attached hydrogens (tertiary/aromatic N) is 3. The SMILES string of the molecule is CC(C)N1CC(NC(=O)N2CCN(C)CC2)CC1=O. The second kappa shape index (κ2) is 5.77. The van der Waals surface area contributed by atoms with E-state index in [1.165, 1.54) is 0 Å². The van der Waals surface area contributed by atoms with Crippen LogP contribution in [0.25, 0.3) is 0 Å². The molecule has 2 saturated heterocycles. The molecule has 0 saturated carbocycles. The third kappa shape index (κ3) is 3.37. The molecule has 0 spiro atoms. The first-order valence-electron chi connectivity index (χ1n) is 7.01. The van der Waals surface area contributed by atoms with Crippen molar-refractivity contribution in [2.75, 3.05) is 39.8 Å². The fourth-order valence-corrected chi connectivity index (χ4v) is 2.60. The fraction of sp³-hybridized carbons (Fsp3) is 0.846. The van der Waals surface area contributed by atoms with Crippen LogP contribution >= 0.6 is 0 Å². The Morgan fingerprint density at radius 1 is 1.26 bits per heavy atom. The monoisotopic (exact) mass is 268 g/mol. The van der Waals surface area contributed by atoms with Crippen molar-refractivity contribution in [1.82, 2.24) is 20.0 Å². The average Bonchev–Trinajstić information content (AvgIpc) is 2.71. The molecule has 6 nitrogen and oxygen atoms in total. The van der Waals surface area contributed by atoms with Gasteiger partial charge in [-0.05, 0) is 20.9 Å². The van der Waals surface area contributed by atoms with Crippen LogP contribution < -0.4 is 5.32 Å². The zero-order chi connectivity index (χ0) is 14.0. The van der Waals surface area contributed by atoms with Gasteiger partial charge in [0.2, 0.25) is 5.91 Å². The van der Waals surface area contributed by atoms with Crippen molar-refractivity contribution in [1.29, 1.82) is 0 Å². The van der Waals surface area contributed by atoms with Crippen LogP contribution in [0.4, 0.5) is 4.79 Å². The van der Waals surface area contributed by atoms with Crippen LogP contribution in [0, 0.1) is 0 Å². The minimum atomic E-state index is -0.0398. The molecule has 2 aliphatic rings. The molecular formula is C13H24N4O2. The molecule has 6 heteroatoms. The molecule has 2 heterocycles. The van der Waals surface area contributed by atoms with Gasteiger partial charge in [-0.15, -0.1) is 0 Å². The number of likely N-dealkylation sites (tertiary alicyclic amines) is 1. The summed E-state index contributed by atoms with van der Waals surface area (Å²) >= 11 is 0. The van der Waals surface area contributed by atoms with Gasteiger partial charge in [-0.3, -0.25) is 4.79 Å². The molecular weight excluding hydrogens is 244 g/mol. The maximum absolute atomic E-state index is 12.1. The van der Waals surface area contributed by atoms with E-state index in [9.17, 15) is 9.59 Å². The standard InChI is InChI=1S/C13H24N4O2/c1-10(2)17-9-11(8-12(17)18)14-13(19)16-6-4-15(3)5-7-16/h10-11H,4-9H2,1-3H3,(H,14,19). The van der Waals surface area contributed by atoms with Gasteiger partial charge in [0.25, 0.3) is 0 Å². The third-order valence-electron chi connectivity index (χ3n) is 3.90. The van der Waals surface area contributed by atoms with E-state index in [1.807, 2.05) is 23.6 Å². The molecule has 0 aromatic carbocycles. The van der Waals surface area contributed by atoms with Gasteiger partial charge in [-0.1, -0.05) is 0 Å². The summed E-state index contributed by atoms with van der Waals surface area (Å²) in [5.74, 6) is 0.138. The Hall–Kier alpha value is -1.30. The van der Waals surface area contributed by atoms with E-state index in [2.05, 4.69) is 17.3 Å². The zero-order valence-electron chi connectivity index (χ0n) is 12.1. The molecule has 1 N–H and O–H groups in total. The number of likely N-dealkylation sites (N-methyl/N-ethyl adjacent to an activating group) is 1. The molecule has 2 rings (SSSR count). The molecule has 2 aliphatic heterocycles. The topological polar surface area (TPSA) is 55.9 Å². The van der Waals surface area contributed by atoms with Crippen LogP contribution in [0.5, 0.6) is 0 Å². The number of nitrogens with one attached hydrogen (secondary N) is 1. The van der Waals surface area contributed by atoms with Gasteiger partial charge in [-0.2, -0.15) is 0 Å². The number of urea groups is 1. The minimum absolute atomic E-state index is 0.0310. The quantitative estimate of drug-likeness (QED) is 0.764. The van der Waals surface area contributed by atoms with Crippen molar-refractivity contribution < 1.29 is 9.59 Å². The minimum Gasteiger partial charge on any atom is -0.338 e. The molecule has 0 aromatic rings. The van der Waals surface area contributed by atoms with Crippen molar-refractivity contribution in [3.63, 3.8) is 0 Å². The number of piperazine rings is 1. The average molecular weight is 268 g/mol. The van der Waals surface area contributed by atoms with Crippen molar-refractivity contribution in [3.05, 3.63) is 0 Å². The highest BCUT2D eigenvalue weighted by molar-refractivity contribution is 5.82. The molecule has 3 amide bonds. The summed E-state index contributed by atoms with van der Waals surface area (Å²) in [6.45, 7) is 7.99. The lowest BCUT2D eigenvalue weighted by Gasteiger charge is -2.33. The van der Waals surface area contributed by atoms with E-state index >= 15 is 0 Å². The van der Waals surface area contributed by atoms with E-state index in [4.69, 9.17) is 0 Å². The largest absolute Gasteiger partial charge is 0.338 e. The number of carbonyl (C=O) groups is 2. The predicted molar refractivity (Wildman–Crippen MR) is 72.9 cm³/mol. The van der Waals surface area contributed by atoms with Crippen molar-refractivity contribution >= 4 is 11.9 Å². The Morgan fingerprint density at radius 3 is 2.42 bits per heavy atom. The number of rotatable bonds is 2. The molecule has 0 aromatic heterocycles. The van der Waals surface area contributed by atoms with E-state index < -0.39 is 0 Å². The number of hydrogen-bond donors (Lipinski definition) is 1. The zero-order valence-corrected chi connectivity index (χ0v) is 12.1. The van der Waals surface area contributed by atoms with Crippen LogP contribution in [-0.4, -0.2) is 78.5 Å². The van der Waals surface area contributed by atoms with Crippen LogP contribution in [-0.2, 0) is 4.79 Å². The van der Waals surface area contributed by atoms with E-state index in [1.54, 1.807) is 0 Å². The molecule has 1 atom stereocenters. The molecule has 0 aliphatic carbocycles. The van der Waals surface area contributed by atoms with Crippen molar-refractivity contribution in [2.24, 2.45) is 0 Å². The highest BCUT2D eigenvalue weighted by atomic mass is 16.2. The lowest BCUT2D eigenvalue weighted by Crippen LogP contribution is -2.53. The second-order valence-corrected chi connectivity index (χ2v) is 5.78. The summed E-state index contributed by atoms with van der Waals surface area (Å²) in [4.78, 5) is 29.8. The highest BCUT2D eigenvalue weighted by Crippen LogP contribution is 2.14. The molecule has 19 heavy (non-hydrogen) atoms. The summed E-state index contributed by atoms with van der Waals surface area (Å²) in [7, 11) is 2.06. The summed E-state index contributed by atoms with van der Waals surface area (Å²) in [5, 5.41) is 2.98. The maximum atomic E-state index is 12.1. The summed E-state index contributed by atoms with van der Waals surface area (Å²) in [5.41, 5.74) is 0. The van der Waals surface area contributed by atoms with Crippen molar-refractivity contribution in [2.45, 2.75) is 32.4 Å². The van der Waals surface area contributed by atoms with Gasteiger partial charge in [0, 0.05) is 45.2 Å². The van der Waals surface area contributed by atoms with E-state index in [0.717, 1.165) is 26.2 Å². The van der Waals surface area contributed by atoms with Gasteiger partial charge in [0.05, 0.1) is 6.04 Å². The first kappa shape index (κ1) is 14.1.